The molecular weight excluding hydrogens is 454 g/mol. The lowest BCUT2D eigenvalue weighted by Gasteiger charge is -2.15. The third-order valence-corrected chi connectivity index (χ3v) is 8.03. The van der Waals surface area contributed by atoms with Crippen LogP contribution >= 0.6 is 0 Å². The molecular formula is C28H47N3O3Si. The maximum absolute atomic E-state index is 5.97. The Bertz CT molecular complexity index is 774. The molecule has 0 aliphatic heterocycles. The Balaban J connectivity index is 1.64. The van der Waals surface area contributed by atoms with Gasteiger partial charge in [0.15, 0.2) is 0 Å². The van der Waals surface area contributed by atoms with Gasteiger partial charge in [-0.05, 0) is 49.3 Å². The van der Waals surface area contributed by atoms with Crippen LogP contribution in [-0.2, 0) is 4.74 Å². The van der Waals surface area contributed by atoms with E-state index < -0.39 is 9.76 Å². The molecule has 0 bridgehead atoms. The first kappa shape index (κ1) is 29.2. The normalized spacial score (nSPS) is 13.3. The van der Waals surface area contributed by atoms with Crippen LogP contribution in [-0.4, -0.2) is 44.8 Å². The van der Waals surface area contributed by atoms with Gasteiger partial charge in [0.25, 0.3) is 0 Å². The summed E-state index contributed by atoms with van der Waals surface area (Å²) in [5, 5.41) is 8.60. The molecule has 196 valence electrons. The molecule has 2 aromatic rings. The Morgan fingerprint density at radius 3 is 2.23 bits per heavy atom. The molecule has 2 heterocycles. The number of rotatable bonds is 20. The lowest BCUT2D eigenvalue weighted by Crippen LogP contribution is -2.09. The highest BCUT2D eigenvalue weighted by Gasteiger charge is 2.09. The number of aromatic nitrogens is 3. The average Bonchev–Trinajstić information content (AvgIpc) is 2.88. The fraction of sp³-hybridized carbons (Fsp3) is 0.679. The van der Waals surface area contributed by atoms with Crippen LogP contribution in [0, 0.1) is 11.8 Å². The molecule has 35 heavy (non-hydrogen) atoms. The van der Waals surface area contributed by atoms with Crippen molar-refractivity contribution in [3.8, 4) is 23.0 Å². The number of hydrogen-bond donors (Lipinski definition) is 0. The van der Waals surface area contributed by atoms with E-state index in [1.165, 1.54) is 44.6 Å². The van der Waals surface area contributed by atoms with Gasteiger partial charge in [-0.3, -0.25) is 0 Å². The molecule has 7 heteroatoms. The van der Waals surface area contributed by atoms with Crippen LogP contribution in [0.1, 0.15) is 85.5 Å². The molecule has 0 saturated heterocycles. The second-order valence-electron chi connectivity index (χ2n) is 9.73. The highest BCUT2D eigenvalue weighted by molar-refractivity contribution is 6.28. The largest absolute Gasteiger partial charge is 0.535 e. The summed E-state index contributed by atoms with van der Waals surface area (Å²) < 4.78 is 17.3. The highest BCUT2D eigenvalue weighted by atomic mass is 28.2. The minimum atomic E-state index is -0.633. The van der Waals surface area contributed by atoms with E-state index >= 15 is 0 Å². The smallest absolute Gasteiger partial charge is 0.221 e. The molecule has 0 aliphatic carbocycles. The molecule has 0 fully saturated rings. The number of unbranched alkanes of at least 4 members (excludes halogenated alkanes) is 3. The Labute approximate surface area is 215 Å². The van der Waals surface area contributed by atoms with Crippen LogP contribution in [0.25, 0.3) is 11.3 Å². The van der Waals surface area contributed by atoms with E-state index in [-0.39, 0.29) is 0 Å². The topological polar surface area (TPSA) is 66.4 Å². The Hall–Kier alpha value is -1.99. The van der Waals surface area contributed by atoms with Crippen molar-refractivity contribution in [1.82, 2.24) is 15.2 Å². The number of pyridine rings is 1. The molecule has 2 atom stereocenters. The zero-order valence-corrected chi connectivity index (χ0v) is 23.9. The summed E-state index contributed by atoms with van der Waals surface area (Å²) in [5.41, 5.74) is 1.71. The molecule has 6 nitrogen and oxygen atoms in total. The van der Waals surface area contributed by atoms with Crippen molar-refractivity contribution in [2.45, 2.75) is 91.5 Å². The molecule has 2 aromatic heterocycles. The van der Waals surface area contributed by atoms with Gasteiger partial charge in [0, 0.05) is 37.1 Å². The van der Waals surface area contributed by atoms with E-state index in [4.69, 9.17) is 13.9 Å². The number of hydrogen-bond acceptors (Lipinski definition) is 6. The van der Waals surface area contributed by atoms with E-state index in [2.05, 4.69) is 42.9 Å². The molecule has 0 spiro atoms. The molecule has 0 saturated carbocycles. The van der Waals surface area contributed by atoms with Crippen molar-refractivity contribution in [3.05, 3.63) is 30.5 Å². The van der Waals surface area contributed by atoms with E-state index in [0.717, 1.165) is 55.6 Å². The summed E-state index contributed by atoms with van der Waals surface area (Å²) in [7, 11) is -0.633. The monoisotopic (exact) mass is 501 g/mol. The quantitative estimate of drug-likeness (QED) is 0.150. The molecule has 0 aliphatic rings. The molecule has 0 radical (unpaired) electrons. The molecule has 0 N–H and O–H groups in total. The first-order valence-corrected chi connectivity index (χ1v) is 15.3. The average molecular weight is 502 g/mol. The van der Waals surface area contributed by atoms with Gasteiger partial charge in [-0.1, -0.05) is 66.2 Å². The van der Waals surface area contributed by atoms with Crippen molar-refractivity contribution < 1.29 is 13.9 Å². The summed E-state index contributed by atoms with van der Waals surface area (Å²) in [6.45, 7) is 11.5. The molecule has 0 amide bonds. The third-order valence-electron chi connectivity index (χ3n) is 6.31. The molecule has 0 aromatic carbocycles. The summed E-state index contributed by atoms with van der Waals surface area (Å²) in [4.78, 5) is 4.41. The molecule has 2 unspecified atom stereocenters. The van der Waals surface area contributed by atoms with E-state index in [0.29, 0.717) is 18.4 Å². The van der Waals surface area contributed by atoms with Crippen molar-refractivity contribution >= 4 is 9.76 Å². The predicted octanol–water partition coefficient (Wildman–Crippen LogP) is 6.64. The standard InChI is InChI=1S/C28H47N3O3Si/c1-5-7-11-23(3)12-13-24(4)22-35-34-28-17-15-26(30-31-28)25-14-16-27(29-21-25)33-20-10-9-19-32-18-8-6-2/h14-17,21,23-24H,5-13,18-20,22,35H2,1-4H3. The zero-order chi connectivity index (χ0) is 25.1. The molecule has 2 rings (SSSR count). The maximum Gasteiger partial charge on any atom is 0.221 e. The van der Waals surface area contributed by atoms with Gasteiger partial charge < -0.3 is 13.9 Å². The maximum atomic E-state index is 5.97. The van der Waals surface area contributed by atoms with Crippen LogP contribution in [0.2, 0.25) is 6.04 Å². The van der Waals surface area contributed by atoms with Gasteiger partial charge in [-0.25, -0.2) is 4.98 Å². The Morgan fingerprint density at radius 2 is 1.51 bits per heavy atom. The van der Waals surface area contributed by atoms with Gasteiger partial charge in [-0.15, -0.1) is 10.2 Å². The van der Waals surface area contributed by atoms with Gasteiger partial charge in [-0.2, -0.15) is 0 Å². The summed E-state index contributed by atoms with van der Waals surface area (Å²) in [6.07, 6.45) is 12.7. The fourth-order valence-electron chi connectivity index (χ4n) is 3.77. The van der Waals surface area contributed by atoms with Crippen molar-refractivity contribution in [2.24, 2.45) is 11.8 Å². The first-order chi connectivity index (χ1) is 17.1. The summed E-state index contributed by atoms with van der Waals surface area (Å²) in [5.74, 6) is 2.83. The summed E-state index contributed by atoms with van der Waals surface area (Å²) in [6, 6.07) is 8.90. The van der Waals surface area contributed by atoms with E-state index in [1.54, 1.807) is 6.20 Å². The third kappa shape index (κ3) is 13.0. The van der Waals surface area contributed by atoms with Crippen molar-refractivity contribution in [2.75, 3.05) is 19.8 Å². The zero-order valence-electron chi connectivity index (χ0n) is 22.5. The van der Waals surface area contributed by atoms with E-state index in [9.17, 15) is 0 Å². The highest BCUT2D eigenvalue weighted by Crippen LogP contribution is 2.21. The Morgan fingerprint density at radius 1 is 0.771 bits per heavy atom. The number of nitrogens with zero attached hydrogens (tertiary/aromatic N) is 3. The van der Waals surface area contributed by atoms with Gasteiger partial charge in [0.1, 0.15) is 0 Å². The van der Waals surface area contributed by atoms with Gasteiger partial charge >= 0.3 is 0 Å². The lowest BCUT2D eigenvalue weighted by molar-refractivity contribution is 0.123. The minimum absolute atomic E-state index is 0.633. The second-order valence-corrected chi connectivity index (χ2v) is 11.0. The Kier molecular flexibility index (Phi) is 15.3. The van der Waals surface area contributed by atoms with Gasteiger partial charge in [0.05, 0.1) is 12.3 Å². The van der Waals surface area contributed by atoms with Gasteiger partial charge in [0.2, 0.25) is 21.5 Å². The van der Waals surface area contributed by atoms with Crippen LogP contribution in [0.3, 0.4) is 0 Å². The SMILES string of the molecule is CCCCOCCCCOc1ccc(-c2ccc(O[SiH2]CC(C)CCC(C)CCCC)nn2)cn1. The van der Waals surface area contributed by atoms with Crippen LogP contribution < -0.4 is 9.16 Å². The first-order valence-electron chi connectivity index (χ1n) is 13.8. The lowest BCUT2D eigenvalue weighted by atomic mass is 9.95. The van der Waals surface area contributed by atoms with Crippen molar-refractivity contribution in [1.29, 1.82) is 0 Å². The second kappa shape index (κ2) is 18.3. The van der Waals surface area contributed by atoms with E-state index in [1.807, 2.05) is 24.3 Å². The summed E-state index contributed by atoms with van der Waals surface area (Å²) >= 11 is 0. The van der Waals surface area contributed by atoms with Crippen LogP contribution in [0.5, 0.6) is 11.8 Å². The van der Waals surface area contributed by atoms with Crippen molar-refractivity contribution in [3.63, 3.8) is 0 Å². The predicted molar refractivity (Wildman–Crippen MR) is 147 cm³/mol. The fourth-order valence-corrected chi connectivity index (χ4v) is 4.95. The minimum Gasteiger partial charge on any atom is -0.535 e. The number of ether oxygens (including phenoxy) is 2. The van der Waals surface area contributed by atoms with Crippen LogP contribution in [0.15, 0.2) is 30.5 Å². The van der Waals surface area contributed by atoms with Crippen LogP contribution in [0.4, 0.5) is 0 Å².